The maximum absolute atomic E-state index is 11.1. The third-order valence-corrected chi connectivity index (χ3v) is 3.32. The van der Waals surface area contributed by atoms with Gasteiger partial charge in [-0.25, -0.2) is 9.78 Å². The zero-order valence-electron chi connectivity index (χ0n) is 11.0. The van der Waals surface area contributed by atoms with Crippen LogP contribution in [-0.4, -0.2) is 20.4 Å². The average Bonchev–Trinajstić information content (AvgIpc) is 2.80. The van der Waals surface area contributed by atoms with Crippen molar-refractivity contribution in [2.75, 3.05) is 5.32 Å². The maximum atomic E-state index is 11.1. The second kappa shape index (κ2) is 5.36. The molecule has 2 rings (SSSR count). The van der Waals surface area contributed by atoms with E-state index in [9.17, 15) is 4.79 Å². The quantitative estimate of drug-likeness (QED) is 0.895. The molecular formula is C13H15N3O2S. The molecule has 2 aromatic rings. The van der Waals surface area contributed by atoms with Crippen LogP contribution in [0, 0.1) is 6.92 Å². The summed E-state index contributed by atoms with van der Waals surface area (Å²) in [6.45, 7) is 5.83. The normalized spacial score (nSPS) is 10.7. The number of aromatic carboxylic acids is 1. The molecule has 0 atom stereocenters. The molecule has 2 N–H and O–H groups in total. The minimum absolute atomic E-state index is 0.277. The minimum atomic E-state index is -0.929. The van der Waals surface area contributed by atoms with Gasteiger partial charge in [-0.1, -0.05) is 19.9 Å². The summed E-state index contributed by atoms with van der Waals surface area (Å²) in [6, 6.07) is 5.21. The molecule has 6 heteroatoms. The summed E-state index contributed by atoms with van der Waals surface area (Å²) in [5.41, 5.74) is 1.73. The summed E-state index contributed by atoms with van der Waals surface area (Å²) >= 11 is 1.27. The van der Waals surface area contributed by atoms with Gasteiger partial charge in [-0.3, -0.25) is 0 Å². The summed E-state index contributed by atoms with van der Waals surface area (Å²) in [4.78, 5) is 15.4. The van der Waals surface area contributed by atoms with E-state index in [2.05, 4.69) is 14.7 Å². The molecule has 0 radical (unpaired) electrons. The number of nitrogens with zero attached hydrogens (tertiary/aromatic N) is 2. The zero-order valence-corrected chi connectivity index (χ0v) is 11.8. The van der Waals surface area contributed by atoms with Gasteiger partial charge in [0.1, 0.15) is 5.82 Å². The Hall–Kier alpha value is -1.95. The van der Waals surface area contributed by atoms with Crippen molar-refractivity contribution >= 4 is 28.3 Å². The smallest absolute Gasteiger partial charge is 0.336 e. The first kappa shape index (κ1) is 13.5. The predicted octanol–water partition coefficient (Wildman–Crippen LogP) is 3.41. The van der Waals surface area contributed by atoms with E-state index >= 15 is 0 Å². The van der Waals surface area contributed by atoms with Gasteiger partial charge >= 0.3 is 5.97 Å². The lowest BCUT2D eigenvalue weighted by Gasteiger charge is -2.05. The molecule has 5 nitrogen and oxygen atoms in total. The number of rotatable bonds is 4. The Labute approximate surface area is 115 Å². The number of hydrogen-bond donors (Lipinski definition) is 2. The first-order valence-electron chi connectivity index (χ1n) is 5.92. The number of carboxylic acid groups (broad SMARTS) is 1. The zero-order chi connectivity index (χ0) is 14.0. The van der Waals surface area contributed by atoms with Crippen molar-refractivity contribution in [1.82, 2.24) is 9.36 Å². The summed E-state index contributed by atoms with van der Waals surface area (Å²) in [7, 11) is 0. The molecule has 0 saturated heterocycles. The molecule has 0 saturated carbocycles. The van der Waals surface area contributed by atoms with Crippen molar-refractivity contribution < 1.29 is 9.90 Å². The Balaban J connectivity index is 2.23. The molecule has 100 valence electrons. The molecule has 0 bridgehead atoms. The number of benzene rings is 1. The average molecular weight is 277 g/mol. The first-order valence-corrected chi connectivity index (χ1v) is 6.69. The van der Waals surface area contributed by atoms with Crippen LogP contribution in [0.25, 0.3) is 0 Å². The highest BCUT2D eigenvalue weighted by atomic mass is 32.1. The van der Waals surface area contributed by atoms with Gasteiger partial charge in [-0.05, 0) is 24.6 Å². The number of aromatic nitrogens is 2. The van der Waals surface area contributed by atoms with Crippen LogP contribution < -0.4 is 5.32 Å². The van der Waals surface area contributed by atoms with Crippen molar-refractivity contribution in [3.05, 3.63) is 35.2 Å². The van der Waals surface area contributed by atoms with Gasteiger partial charge in [0.25, 0.3) is 0 Å². The third kappa shape index (κ3) is 3.08. The van der Waals surface area contributed by atoms with Crippen molar-refractivity contribution in [3.8, 4) is 0 Å². The van der Waals surface area contributed by atoms with Gasteiger partial charge in [0.05, 0.1) is 5.56 Å². The SMILES string of the molecule is Cc1ccc(Nc2nc(C(C)C)ns2)cc1C(=O)O. The summed E-state index contributed by atoms with van der Waals surface area (Å²) in [5, 5.41) is 12.8. The first-order chi connectivity index (χ1) is 8.97. The molecule has 1 aromatic carbocycles. The monoisotopic (exact) mass is 277 g/mol. The highest BCUT2D eigenvalue weighted by Gasteiger charge is 2.10. The fraction of sp³-hybridized carbons (Fsp3) is 0.308. The fourth-order valence-electron chi connectivity index (χ4n) is 1.57. The number of nitrogens with one attached hydrogen (secondary N) is 1. The highest BCUT2D eigenvalue weighted by molar-refractivity contribution is 7.09. The molecule has 0 aliphatic carbocycles. The number of aryl methyl sites for hydroxylation is 1. The van der Waals surface area contributed by atoms with E-state index in [-0.39, 0.29) is 5.92 Å². The predicted molar refractivity (Wildman–Crippen MR) is 75.4 cm³/mol. The number of carboxylic acids is 1. The molecule has 1 heterocycles. The van der Waals surface area contributed by atoms with Crippen LogP contribution in [0.5, 0.6) is 0 Å². The summed E-state index contributed by atoms with van der Waals surface area (Å²) in [6.07, 6.45) is 0. The molecular weight excluding hydrogens is 262 g/mol. The van der Waals surface area contributed by atoms with Gasteiger partial charge in [0.2, 0.25) is 5.13 Å². The second-order valence-corrected chi connectivity index (χ2v) is 5.32. The standard InChI is InChI=1S/C13H15N3O2S/c1-7(2)11-15-13(19-16-11)14-9-5-4-8(3)10(6-9)12(17)18/h4-7H,1-3H3,(H,17,18)(H,14,15,16). The molecule has 1 aromatic heterocycles. The Morgan fingerprint density at radius 3 is 2.74 bits per heavy atom. The van der Waals surface area contributed by atoms with Gasteiger partial charge in [0, 0.05) is 23.1 Å². The number of carbonyl (C=O) groups is 1. The van der Waals surface area contributed by atoms with E-state index in [1.807, 2.05) is 19.9 Å². The molecule has 0 amide bonds. The van der Waals surface area contributed by atoms with Gasteiger partial charge in [-0.2, -0.15) is 4.37 Å². The molecule has 19 heavy (non-hydrogen) atoms. The number of hydrogen-bond acceptors (Lipinski definition) is 5. The van der Waals surface area contributed by atoms with Crippen molar-refractivity contribution in [2.45, 2.75) is 26.7 Å². The molecule has 0 spiro atoms. The van der Waals surface area contributed by atoms with Crippen LogP contribution >= 0.6 is 11.5 Å². The topological polar surface area (TPSA) is 75.1 Å². The van der Waals surface area contributed by atoms with Crippen molar-refractivity contribution in [3.63, 3.8) is 0 Å². The highest BCUT2D eigenvalue weighted by Crippen LogP contribution is 2.23. The lowest BCUT2D eigenvalue weighted by molar-refractivity contribution is 0.0696. The van der Waals surface area contributed by atoms with E-state index in [0.717, 1.165) is 11.4 Å². The largest absolute Gasteiger partial charge is 0.478 e. The van der Waals surface area contributed by atoms with Crippen LogP contribution in [0.3, 0.4) is 0 Å². The Kier molecular flexibility index (Phi) is 3.80. The summed E-state index contributed by atoms with van der Waals surface area (Å²) < 4.78 is 4.24. The molecule has 0 aliphatic heterocycles. The van der Waals surface area contributed by atoms with E-state index < -0.39 is 5.97 Å². The Morgan fingerprint density at radius 2 is 2.16 bits per heavy atom. The Morgan fingerprint density at radius 1 is 1.42 bits per heavy atom. The third-order valence-electron chi connectivity index (χ3n) is 2.68. The molecule has 0 aliphatic rings. The lowest BCUT2D eigenvalue weighted by Crippen LogP contribution is -2.01. The van der Waals surface area contributed by atoms with Gasteiger partial charge in [0.15, 0.2) is 0 Å². The van der Waals surface area contributed by atoms with Crippen LogP contribution in [0.4, 0.5) is 10.8 Å². The molecule has 0 fully saturated rings. The minimum Gasteiger partial charge on any atom is -0.478 e. The van der Waals surface area contributed by atoms with E-state index in [0.29, 0.717) is 16.4 Å². The van der Waals surface area contributed by atoms with E-state index in [1.165, 1.54) is 11.5 Å². The van der Waals surface area contributed by atoms with Crippen LogP contribution in [0.15, 0.2) is 18.2 Å². The molecule has 0 unspecified atom stereocenters. The van der Waals surface area contributed by atoms with Crippen LogP contribution in [0.2, 0.25) is 0 Å². The van der Waals surface area contributed by atoms with Gasteiger partial charge in [-0.15, -0.1) is 0 Å². The van der Waals surface area contributed by atoms with Gasteiger partial charge < -0.3 is 10.4 Å². The number of anilines is 2. The van der Waals surface area contributed by atoms with Crippen molar-refractivity contribution in [1.29, 1.82) is 0 Å². The second-order valence-electron chi connectivity index (χ2n) is 4.57. The Bertz CT molecular complexity index is 608. The lowest BCUT2D eigenvalue weighted by atomic mass is 10.1. The fourth-order valence-corrected chi connectivity index (χ4v) is 2.30. The summed E-state index contributed by atoms with van der Waals surface area (Å²) in [5.74, 6) is 0.138. The van der Waals surface area contributed by atoms with E-state index in [1.54, 1.807) is 19.1 Å². The van der Waals surface area contributed by atoms with E-state index in [4.69, 9.17) is 5.11 Å². The van der Waals surface area contributed by atoms with Crippen LogP contribution in [0.1, 0.15) is 41.5 Å². The van der Waals surface area contributed by atoms with Crippen molar-refractivity contribution in [2.24, 2.45) is 0 Å². The maximum Gasteiger partial charge on any atom is 0.336 e. The van der Waals surface area contributed by atoms with Crippen LogP contribution in [-0.2, 0) is 0 Å².